The van der Waals surface area contributed by atoms with Crippen molar-refractivity contribution >= 4 is 10.9 Å². The Morgan fingerprint density at radius 1 is 0.812 bits per heavy atom. The second-order valence-corrected chi connectivity index (χ2v) is 6.98. The highest BCUT2D eigenvalue weighted by Crippen LogP contribution is 2.36. The van der Waals surface area contributed by atoms with Crippen LogP contribution in [0.1, 0.15) is 0 Å². The first-order chi connectivity index (χ1) is 15.7. The molecule has 0 saturated carbocycles. The Kier molecular flexibility index (Phi) is 6.26. The highest BCUT2D eigenvalue weighted by molar-refractivity contribution is 5.79. The zero-order valence-corrected chi connectivity index (χ0v) is 18.2. The number of rotatable bonds is 8. The molecule has 4 aromatic rings. The molecule has 0 fully saturated rings. The number of benzene rings is 3. The van der Waals surface area contributed by atoms with Crippen molar-refractivity contribution in [1.29, 1.82) is 0 Å². The maximum Gasteiger partial charge on any atom is 0.261 e. The van der Waals surface area contributed by atoms with Gasteiger partial charge in [0, 0.05) is 5.56 Å². The van der Waals surface area contributed by atoms with Gasteiger partial charge in [-0.1, -0.05) is 18.2 Å². The summed E-state index contributed by atoms with van der Waals surface area (Å²) in [6, 6.07) is 20.2. The predicted molar refractivity (Wildman–Crippen MR) is 123 cm³/mol. The molecular formula is C25H24N2O5. The molecule has 7 heteroatoms. The summed E-state index contributed by atoms with van der Waals surface area (Å²) in [5.74, 6) is 2.90. The Bertz CT molecular complexity index is 1260. The van der Waals surface area contributed by atoms with E-state index in [1.807, 2.05) is 48.5 Å². The first kappa shape index (κ1) is 21.2. The van der Waals surface area contributed by atoms with Crippen LogP contribution in [0.15, 0.2) is 71.5 Å². The quantitative estimate of drug-likeness (QED) is 0.416. The number of hydrogen-bond acceptors (Lipinski definition) is 6. The lowest BCUT2D eigenvalue weighted by Gasteiger charge is -2.17. The Balaban J connectivity index is 1.71. The van der Waals surface area contributed by atoms with Crippen molar-refractivity contribution in [3.05, 3.63) is 77.1 Å². The normalized spacial score (nSPS) is 10.7. The van der Waals surface area contributed by atoms with Gasteiger partial charge in [0.2, 0.25) is 5.75 Å². The lowest BCUT2D eigenvalue weighted by atomic mass is 10.1. The fourth-order valence-corrected chi connectivity index (χ4v) is 3.53. The SMILES string of the molecule is COc1ccc(-c2nc3ccccc3c(=O)n2CCOc2c(OC)cccc2OC)cc1. The van der Waals surface area contributed by atoms with Crippen LogP contribution < -0.4 is 24.5 Å². The van der Waals surface area contributed by atoms with Crippen LogP contribution in [0.2, 0.25) is 0 Å². The minimum absolute atomic E-state index is 0.128. The maximum atomic E-state index is 13.3. The van der Waals surface area contributed by atoms with E-state index in [1.165, 1.54) is 0 Å². The molecule has 0 spiro atoms. The molecular weight excluding hydrogens is 408 g/mol. The minimum atomic E-state index is -0.128. The van der Waals surface area contributed by atoms with Gasteiger partial charge in [0.05, 0.1) is 38.8 Å². The van der Waals surface area contributed by atoms with Crippen LogP contribution >= 0.6 is 0 Å². The highest BCUT2D eigenvalue weighted by atomic mass is 16.5. The standard InChI is InChI=1S/C25H24N2O5/c1-29-18-13-11-17(12-14-18)24-26-20-8-5-4-7-19(20)25(28)27(24)15-16-32-23-21(30-2)9-6-10-22(23)31-3/h4-14H,15-16H2,1-3H3. The van der Waals surface area contributed by atoms with Gasteiger partial charge in [-0.05, 0) is 48.5 Å². The van der Waals surface area contributed by atoms with Crippen LogP contribution in [0.4, 0.5) is 0 Å². The molecule has 0 unspecified atom stereocenters. The van der Waals surface area contributed by atoms with Gasteiger partial charge in [0.25, 0.3) is 5.56 Å². The van der Waals surface area contributed by atoms with Crippen molar-refractivity contribution in [2.75, 3.05) is 27.9 Å². The average molecular weight is 432 g/mol. The van der Waals surface area contributed by atoms with E-state index in [2.05, 4.69) is 0 Å². The van der Waals surface area contributed by atoms with Crippen LogP contribution in [0.5, 0.6) is 23.0 Å². The van der Waals surface area contributed by atoms with E-state index >= 15 is 0 Å². The maximum absolute atomic E-state index is 13.3. The number of aromatic nitrogens is 2. The van der Waals surface area contributed by atoms with Gasteiger partial charge in [0.15, 0.2) is 11.5 Å². The zero-order chi connectivity index (χ0) is 22.5. The smallest absolute Gasteiger partial charge is 0.261 e. The van der Waals surface area contributed by atoms with E-state index in [1.54, 1.807) is 44.1 Å². The zero-order valence-electron chi connectivity index (χ0n) is 18.2. The topological polar surface area (TPSA) is 71.8 Å². The molecule has 1 aromatic heterocycles. The minimum Gasteiger partial charge on any atom is -0.497 e. The largest absolute Gasteiger partial charge is 0.497 e. The van der Waals surface area contributed by atoms with Crippen molar-refractivity contribution in [2.24, 2.45) is 0 Å². The van der Waals surface area contributed by atoms with Gasteiger partial charge >= 0.3 is 0 Å². The molecule has 0 bridgehead atoms. The molecule has 164 valence electrons. The second kappa shape index (κ2) is 9.43. The van der Waals surface area contributed by atoms with E-state index in [-0.39, 0.29) is 12.2 Å². The molecule has 32 heavy (non-hydrogen) atoms. The van der Waals surface area contributed by atoms with E-state index in [0.29, 0.717) is 40.5 Å². The molecule has 0 saturated heterocycles. The van der Waals surface area contributed by atoms with Crippen molar-refractivity contribution in [1.82, 2.24) is 9.55 Å². The molecule has 0 atom stereocenters. The third kappa shape index (κ3) is 4.09. The van der Waals surface area contributed by atoms with Crippen LogP contribution in [0.3, 0.4) is 0 Å². The number of ether oxygens (including phenoxy) is 4. The van der Waals surface area contributed by atoms with E-state index in [4.69, 9.17) is 23.9 Å². The molecule has 0 aliphatic rings. The molecule has 7 nitrogen and oxygen atoms in total. The molecule has 0 aliphatic heterocycles. The molecule has 0 radical (unpaired) electrons. The summed E-state index contributed by atoms with van der Waals surface area (Å²) in [7, 11) is 4.75. The van der Waals surface area contributed by atoms with Gasteiger partial charge in [0.1, 0.15) is 18.2 Å². The summed E-state index contributed by atoms with van der Waals surface area (Å²) in [6.07, 6.45) is 0. The molecule has 3 aromatic carbocycles. The molecule has 1 heterocycles. The van der Waals surface area contributed by atoms with Crippen molar-refractivity contribution < 1.29 is 18.9 Å². The fraction of sp³-hybridized carbons (Fsp3) is 0.200. The Labute approximate surface area is 185 Å². The van der Waals surface area contributed by atoms with Gasteiger partial charge in [-0.15, -0.1) is 0 Å². The summed E-state index contributed by atoms with van der Waals surface area (Å²) < 4.78 is 23.7. The first-order valence-electron chi connectivity index (χ1n) is 10.1. The van der Waals surface area contributed by atoms with Crippen LogP contribution in [0, 0.1) is 0 Å². The first-order valence-corrected chi connectivity index (χ1v) is 10.1. The van der Waals surface area contributed by atoms with Gasteiger partial charge in [-0.25, -0.2) is 4.98 Å². The molecule has 4 rings (SSSR count). The lowest BCUT2D eigenvalue weighted by molar-refractivity contribution is 0.262. The van der Waals surface area contributed by atoms with Crippen molar-refractivity contribution in [3.8, 4) is 34.4 Å². The Morgan fingerprint density at radius 3 is 2.16 bits per heavy atom. The summed E-state index contributed by atoms with van der Waals surface area (Å²) in [5.41, 5.74) is 1.33. The van der Waals surface area contributed by atoms with E-state index in [9.17, 15) is 4.79 Å². The second-order valence-electron chi connectivity index (χ2n) is 6.98. The van der Waals surface area contributed by atoms with Crippen molar-refractivity contribution in [3.63, 3.8) is 0 Å². The number of para-hydroxylation sites is 2. The van der Waals surface area contributed by atoms with Crippen LogP contribution in [-0.2, 0) is 6.54 Å². The Morgan fingerprint density at radius 2 is 1.50 bits per heavy atom. The number of methoxy groups -OCH3 is 3. The lowest BCUT2D eigenvalue weighted by Crippen LogP contribution is -2.26. The highest BCUT2D eigenvalue weighted by Gasteiger charge is 2.15. The van der Waals surface area contributed by atoms with Gasteiger partial charge < -0.3 is 18.9 Å². The Hall–Kier alpha value is -4.00. The van der Waals surface area contributed by atoms with Gasteiger partial charge in [-0.3, -0.25) is 9.36 Å². The monoisotopic (exact) mass is 432 g/mol. The number of nitrogens with zero attached hydrogens (tertiary/aromatic N) is 2. The summed E-state index contributed by atoms with van der Waals surface area (Å²) in [4.78, 5) is 18.1. The predicted octanol–water partition coefficient (Wildman–Crippen LogP) is 4.17. The summed E-state index contributed by atoms with van der Waals surface area (Å²) >= 11 is 0. The average Bonchev–Trinajstić information content (AvgIpc) is 2.85. The molecule has 0 amide bonds. The third-order valence-electron chi connectivity index (χ3n) is 5.15. The fourth-order valence-electron chi connectivity index (χ4n) is 3.53. The summed E-state index contributed by atoms with van der Waals surface area (Å²) in [5, 5.41) is 0.555. The number of fused-ring (bicyclic) bond motifs is 1. The molecule has 0 aliphatic carbocycles. The number of hydrogen-bond donors (Lipinski definition) is 0. The van der Waals surface area contributed by atoms with Gasteiger partial charge in [-0.2, -0.15) is 0 Å². The van der Waals surface area contributed by atoms with Crippen LogP contribution in [-0.4, -0.2) is 37.5 Å². The molecule has 0 N–H and O–H groups in total. The summed E-state index contributed by atoms with van der Waals surface area (Å²) in [6.45, 7) is 0.513. The van der Waals surface area contributed by atoms with E-state index < -0.39 is 0 Å². The van der Waals surface area contributed by atoms with E-state index in [0.717, 1.165) is 11.3 Å². The van der Waals surface area contributed by atoms with Crippen LogP contribution in [0.25, 0.3) is 22.3 Å². The van der Waals surface area contributed by atoms with Crippen molar-refractivity contribution in [2.45, 2.75) is 6.54 Å². The third-order valence-corrected chi connectivity index (χ3v) is 5.15.